The maximum atomic E-state index is 12.6. The molecule has 1 atom stereocenters. The molecule has 27 heavy (non-hydrogen) atoms. The Labute approximate surface area is 160 Å². The van der Waals surface area contributed by atoms with E-state index < -0.39 is 17.9 Å². The molecule has 0 aliphatic carbocycles. The number of hydrogen-bond donors (Lipinski definition) is 3. The number of nitrogens with zero attached hydrogens (tertiary/aromatic N) is 2. The SMILES string of the molecule is CC(C)c1ncc(Cl)c(C(=O)NC(Cc2c[nH]c3ccccc23)C(=O)O)n1. The summed E-state index contributed by atoms with van der Waals surface area (Å²) in [6, 6.07) is 6.45. The number of carbonyl (C=O) groups excluding carboxylic acids is 1. The molecule has 1 aromatic carbocycles. The minimum atomic E-state index is -1.14. The van der Waals surface area contributed by atoms with E-state index in [0.29, 0.717) is 5.82 Å². The van der Waals surface area contributed by atoms with E-state index >= 15 is 0 Å². The third kappa shape index (κ3) is 4.09. The Balaban J connectivity index is 1.83. The summed E-state index contributed by atoms with van der Waals surface area (Å²) in [6.07, 6.45) is 3.24. The number of aliphatic carboxylic acids is 1. The van der Waals surface area contributed by atoms with Gasteiger partial charge in [0.15, 0.2) is 0 Å². The van der Waals surface area contributed by atoms with Crippen molar-refractivity contribution in [2.75, 3.05) is 0 Å². The highest BCUT2D eigenvalue weighted by atomic mass is 35.5. The van der Waals surface area contributed by atoms with Gasteiger partial charge in [-0.2, -0.15) is 0 Å². The molecule has 3 N–H and O–H groups in total. The summed E-state index contributed by atoms with van der Waals surface area (Å²) < 4.78 is 0. The number of para-hydroxylation sites is 1. The van der Waals surface area contributed by atoms with Crippen LogP contribution >= 0.6 is 11.6 Å². The van der Waals surface area contributed by atoms with Gasteiger partial charge in [0.2, 0.25) is 0 Å². The molecule has 0 saturated heterocycles. The van der Waals surface area contributed by atoms with Crippen molar-refractivity contribution in [3.8, 4) is 0 Å². The lowest BCUT2D eigenvalue weighted by Crippen LogP contribution is -2.42. The van der Waals surface area contributed by atoms with Crippen LogP contribution in [0.25, 0.3) is 10.9 Å². The summed E-state index contributed by atoms with van der Waals surface area (Å²) in [5.74, 6) is -1.30. The number of fused-ring (bicyclic) bond motifs is 1. The Morgan fingerprint density at radius 3 is 2.74 bits per heavy atom. The average Bonchev–Trinajstić information content (AvgIpc) is 3.04. The van der Waals surface area contributed by atoms with Gasteiger partial charge in [-0.15, -0.1) is 0 Å². The van der Waals surface area contributed by atoms with Crippen LogP contribution in [0, 0.1) is 0 Å². The fourth-order valence-corrected chi connectivity index (χ4v) is 2.94. The highest BCUT2D eigenvalue weighted by Crippen LogP contribution is 2.20. The predicted octanol–water partition coefficient (Wildman–Crippen LogP) is 3.16. The smallest absolute Gasteiger partial charge is 0.326 e. The first-order valence-corrected chi connectivity index (χ1v) is 8.85. The first-order valence-electron chi connectivity index (χ1n) is 8.48. The Bertz CT molecular complexity index is 1000. The molecule has 0 radical (unpaired) electrons. The van der Waals surface area contributed by atoms with Crippen molar-refractivity contribution >= 4 is 34.4 Å². The molecular formula is C19H19ClN4O3. The molecular weight excluding hydrogens is 368 g/mol. The van der Waals surface area contributed by atoms with E-state index in [0.717, 1.165) is 16.5 Å². The van der Waals surface area contributed by atoms with Crippen LogP contribution in [0.1, 0.15) is 41.6 Å². The highest BCUT2D eigenvalue weighted by Gasteiger charge is 2.25. The van der Waals surface area contributed by atoms with Gasteiger partial charge in [0, 0.05) is 29.4 Å². The first-order chi connectivity index (χ1) is 12.9. The van der Waals surface area contributed by atoms with Crippen LogP contribution < -0.4 is 5.32 Å². The molecule has 2 aromatic heterocycles. The average molecular weight is 387 g/mol. The minimum Gasteiger partial charge on any atom is -0.480 e. The molecule has 2 heterocycles. The van der Waals surface area contributed by atoms with Crippen molar-refractivity contribution in [3.63, 3.8) is 0 Å². The summed E-state index contributed by atoms with van der Waals surface area (Å²) in [7, 11) is 0. The number of amides is 1. The molecule has 0 aliphatic rings. The van der Waals surface area contributed by atoms with Gasteiger partial charge in [0.05, 0.1) is 11.2 Å². The van der Waals surface area contributed by atoms with E-state index in [9.17, 15) is 14.7 Å². The Morgan fingerprint density at radius 1 is 1.30 bits per heavy atom. The van der Waals surface area contributed by atoms with Crippen molar-refractivity contribution in [1.82, 2.24) is 20.3 Å². The number of aromatic amines is 1. The van der Waals surface area contributed by atoms with Crippen molar-refractivity contribution < 1.29 is 14.7 Å². The second-order valence-corrected chi connectivity index (χ2v) is 6.91. The summed E-state index contributed by atoms with van der Waals surface area (Å²) in [6.45, 7) is 3.78. The zero-order valence-electron chi connectivity index (χ0n) is 14.9. The summed E-state index contributed by atoms with van der Waals surface area (Å²) in [5, 5.41) is 13.1. The van der Waals surface area contributed by atoms with Crippen LogP contribution in [0.5, 0.6) is 0 Å². The number of nitrogens with one attached hydrogen (secondary N) is 2. The number of benzene rings is 1. The largest absolute Gasteiger partial charge is 0.480 e. The number of carbonyl (C=O) groups is 2. The number of rotatable bonds is 6. The van der Waals surface area contributed by atoms with Gasteiger partial charge in [-0.1, -0.05) is 43.6 Å². The lowest BCUT2D eigenvalue weighted by atomic mass is 10.0. The molecule has 0 aliphatic heterocycles. The summed E-state index contributed by atoms with van der Waals surface area (Å²) >= 11 is 6.04. The van der Waals surface area contributed by atoms with Crippen molar-refractivity contribution in [2.45, 2.75) is 32.2 Å². The Hall–Kier alpha value is -2.93. The van der Waals surface area contributed by atoms with Gasteiger partial charge in [-0.25, -0.2) is 14.8 Å². The second-order valence-electron chi connectivity index (χ2n) is 6.51. The van der Waals surface area contributed by atoms with Gasteiger partial charge in [-0.3, -0.25) is 4.79 Å². The van der Waals surface area contributed by atoms with Crippen LogP contribution in [0.3, 0.4) is 0 Å². The zero-order chi connectivity index (χ0) is 19.6. The van der Waals surface area contributed by atoms with E-state index in [4.69, 9.17) is 11.6 Å². The second kappa shape index (κ2) is 7.75. The number of aromatic nitrogens is 3. The molecule has 0 bridgehead atoms. The molecule has 0 saturated carbocycles. The van der Waals surface area contributed by atoms with Crippen LogP contribution in [0.15, 0.2) is 36.7 Å². The van der Waals surface area contributed by atoms with Gasteiger partial charge >= 0.3 is 5.97 Å². The lowest BCUT2D eigenvalue weighted by Gasteiger charge is -2.15. The monoisotopic (exact) mass is 386 g/mol. The fourth-order valence-electron chi connectivity index (χ4n) is 2.77. The Morgan fingerprint density at radius 2 is 2.04 bits per heavy atom. The van der Waals surface area contributed by atoms with Crippen LogP contribution in [0.4, 0.5) is 0 Å². The third-order valence-corrected chi connectivity index (χ3v) is 4.47. The molecule has 140 valence electrons. The quantitative estimate of drug-likeness (QED) is 0.603. The van der Waals surface area contributed by atoms with Gasteiger partial charge in [0.1, 0.15) is 17.6 Å². The van der Waals surface area contributed by atoms with Crippen LogP contribution in [-0.4, -0.2) is 38.0 Å². The van der Waals surface area contributed by atoms with E-state index in [2.05, 4.69) is 20.3 Å². The number of carboxylic acids is 1. The standard InChI is InChI=1S/C19H19ClN4O3/c1-10(2)17-22-9-13(20)16(24-17)18(25)23-15(19(26)27)7-11-8-21-14-6-4-3-5-12(11)14/h3-6,8-10,15,21H,7H2,1-2H3,(H,23,25)(H,26,27). The lowest BCUT2D eigenvalue weighted by molar-refractivity contribution is -0.139. The van der Waals surface area contributed by atoms with E-state index in [1.54, 1.807) is 6.20 Å². The maximum absolute atomic E-state index is 12.6. The fraction of sp³-hybridized carbons (Fsp3) is 0.263. The third-order valence-electron chi connectivity index (χ3n) is 4.20. The molecule has 8 heteroatoms. The molecule has 3 aromatic rings. The number of carboxylic acid groups (broad SMARTS) is 1. The normalized spacial score (nSPS) is 12.3. The molecule has 0 spiro atoms. The van der Waals surface area contributed by atoms with E-state index in [1.807, 2.05) is 38.1 Å². The van der Waals surface area contributed by atoms with E-state index in [1.165, 1.54) is 6.20 Å². The van der Waals surface area contributed by atoms with Crippen molar-refractivity contribution in [2.24, 2.45) is 0 Å². The number of hydrogen-bond acceptors (Lipinski definition) is 4. The first kappa shape index (κ1) is 18.8. The predicted molar refractivity (Wildman–Crippen MR) is 102 cm³/mol. The van der Waals surface area contributed by atoms with Gasteiger partial charge < -0.3 is 15.4 Å². The topological polar surface area (TPSA) is 108 Å². The molecule has 3 rings (SSSR count). The van der Waals surface area contributed by atoms with Crippen LogP contribution in [0.2, 0.25) is 5.02 Å². The van der Waals surface area contributed by atoms with Crippen molar-refractivity contribution in [3.05, 3.63) is 58.8 Å². The van der Waals surface area contributed by atoms with Crippen LogP contribution in [-0.2, 0) is 11.2 Å². The van der Waals surface area contributed by atoms with Gasteiger partial charge in [-0.05, 0) is 11.6 Å². The minimum absolute atomic E-state index is 0.00954. The number of H-pyrrole nitrogens is 1. The van der Waals surface area contributed by atoms with Gasteiger partial charge in [0.25, 0.3) is 5.91 Å². The highest BCUT2D eigenvalue weighted by molar-refractivity contribution is 6.33. The van der Waals surface area contributed by atoms with Crippen molar-refractivity contribution in [1.29, 1.82) is 0 Å². The van der Waals surface area contributed by atoms with E-state index in [-0.39, 0.29) is 23.1 Å². The molecule has 1 amide bonds. The molecule has 0 fully saturated rings. The zero-order valence-corrected chi connectivity index (χ0v) is 15.6. The Kier molecular flexibility index (Phi) is 5.41. The maximum Gasteiger partial charge on any atom is 0.326 e. The molecule has 1 unspecified atom stereocenters. The molecule has 7 nitrogen and oxygen atoms in total. The number of halogens is 1. The summed E-state index contributed by atoms with van der Waals surface area (Å²) in [5.41, 5.74) is 1.68. The summed E-state index contributed by atoms with van der Waals surface area (Å²) in [4.78, 5) is 35.7.